The van der Waals surface area contributed by atoms with Crippen molar-refractivity contribution in [1.29, 1.82) is 15.8 Å². The third-order valence-electron chi connectivity index (χ3n) is 11.0. The van der Waals surface area contributed by atoms with Crippen LogP contribution in [0.3, 0.4) is 0 Å². The summed E-state index contributed by atoms with van der Waals surface area (Å²) in [5.41, 5.74) is 12.7. The molecule has 0 bridgehead atoms. The molecule has 0 aliphatic heterocycles. The Labute approximate surface area is 344 Å². The molecular formula is C52H26N8. The molecule has 7 aromatic carbocycles. The van der Waals surface area contributed by atoms with E-state index in [2.05, 4.69) is 91.6 Å². The standard InChI is InChI=1S/C52H26N8/c1-56-39-23-38(24-40(27-39)57-2)36-13-16-51-45(26-36)43-8-4-6-10-49(43)60(51)52-14-11-32(29-53)22-46(52)47-28-41(17-18-58-47)59-48-9-5-3-7-42(48)44-25-35(12-15-50(44)59)37-20-33(30-54)19-34(21-37)31-55/h3-28H. The molecule has 8 heteroatoms. The zero-order chi connectivity index (χ0) is 40.9. The lowest BCUT2D eigenvalue weighted by Crippen LogP contribution is -2.00. The van der Waals surface area contributed by atoms with Gasteiger partial charge in [0, 0.05) is 39.0 Å². The Morgan fingerprint density at radius 3 is 1.60 bits per heavy atom. The topological polar surface area (TPSA) is 103 Å². The van der Waals surface area contributed by atoms with Crippen molar-refractivity contribution < 1.29 is 0 Å². The molecule has 0 radical (unpaired) electrons. The number of fused-ring (bicyclic) bond motifs is 6. The van der Waals surface area contributed by atoms with Crippen LogP contribution in [0.2, 0.25) is 0 Å². The maximum Gasteiger partial charge on any atom is 0.177 e. The maximum atomic E-state index is 10.1. The van der Waals surface area contributed by atoms with Gasteiger partial charge in [-0.15, -0.1) is 0 Å². The summed E-state index contributed by atoms with van der Waals surface area (Å²) in [6.07, 6.45) is 1.80. The number of hydrogen-bond donors (Lipinski definition) is 0. The summed E-state index contributed by atoms with van der Waals surface area (Å²) < 4.78 is 4.42. The van der Waals surface area contributed by atoms with E-state index in [1.54, 1.807) is 30.5 Å². The Morgan fingerprint density at radius 2 is 1.00 bits per heavy atom. The summed E-state index contributed by atoms with van der Waals surface area (Å²) in [7, 11) is 0. The van der Waals surface area contributed by atoms with Crippen LogP contribution in [-0.2, 0) is 0 Å². The van der Waals surface area contributed by atoms with Gasteiger partial charge in [-0.2, -0.15) is 15.8 Å². The molecule has 0 aliphatic rings. The van der Waals surface area contributed by atoms with Crippen molar-refractivity contribution in [3.63, 3.8) is 0 Å². The van der Waals surface area contributed by atoms with E-state index in [9.17, 15) is 15.8 Å². The molecule has 0 aliphatic carbocycles. The molecule has 3 aromatic heterocycles. The highest BCUT2D eigenvalue weighted by Gasteiger charge is 2.20. The third-order valence-corrected chi connectivity index (χ3v) is 11.0. The molecule has 0 fully saturated rings. The van der Waals surface area contributed by atoms with E-state index in [0.717, 1.165) is 82.8 Å². The number of rotatable bonds is 5. The predicted octanol–water partition coefficient (Wildman–Crippen LogP) is 13.0. The van der Waals surface area contributed by atoms with Crippen molar-refractivity contribution in [2.75, 3.05) is 0 Å². The van der Waals surface area contributed by atoms with E-state index in [4.69, 9.17) is 18.1 Å². The van der Waals surface area contributed by atoms with E-state index >= 15 is 0 Å². The predicted molar refractivity (Wildman–Crippen MR) is 236 cm³/mol. The smallest absolute Gasteiger partial charge is 0.177 e. The highest BCUT2D eigenvalue weighted by molar-refractivity contribution is 6.12. The van der Waals surface area contributed by atoms with E-state index in [1.165, 1.54) is 0 Å². The van der Waals surface area contributed by atoms with Gasteiger partial charge in [-0.3, -0.25) is 4.98 Å². The molecule has 0 spiro atoms. The van der Waals surface area contributed by atoms with Crippen LogP contribution in [0.1, 0.15) is 16.7 Å². The molecular weight excluding hydrogens is 737 g/mol. The molecule has 10 aromatic rings. The second kappa shape index (κ2) is 14.0. The van der Waals surface area contributed by atoms with Crippen LogP contribution in [0.15, 0.2) is 158 Å². The van der Waals surface area contributed by atoms with Crippen LogP contribution < -0.4 is 0 Å². The van der Waals surface area contributed by atoms with Gasteiger partial charge in [0.25, 0.3) is 0 Å². The summed E-state index contributed by atoms with van der Waals surface area (Å²) in [5, 5.41) is 33.5. The number of nitriles is 3. The van der Waals surface area contributed by atoms with Crippen LogP contribution >= 0.6 is 0 Å². The van der Waals surface area contributed by atoms with Gasteiger partial charge in [-0.1, -0.05) is 66.7 Å². The van der Waals surface area contributed by atoms with E-state index in [0.29, 0.717) is 33.8 Å². The zero-order valence-electron chi connectivity index (χ0n) is 31.6. The minimum atomic E-state index is 0.418. The van der Waals surface area contributed by atoms with Gasteiger partial charge in [0.15, 0.2) is 11.4 Å². The van der Waals surface area contributed by atoms with Crippen LogP contribution in [0.25, 0.3) is 98.2 Å². The summed E-state index contributed by atoms with van der Waals surface area (Å²) >= 11 is 0. The second-order valence-corrected chi connectivity index (χ2v) is 14.4. The van der Waals surface area contributed by atoms with Gasteiger partial charge in [0.1, 0.15) is 0 Å². The van der Waals surface area contributed by atoms with Crippen molar-refractivity contribution in [2.45, 2.75) is 0 Å². The zero-order valence-corrected chi connectivity index (χ0v) is 31.6. The molecule has 10 rings (SSSR count). The number of pyridine rings is 1. The number of para-hydroxylation sites is 2. The molecule has 0 atom stereocenters. The second-order valence-electron chi connectivity index (χ2n) is 14.4. The summed E-state index contributed by atoms with van der Waals surface area (Å²) in [4.78, 5) is 12.1. The van der Waals surface area contributed by atoms with Gasteiger partial charge >= 0.3 is 0 Å². The molecule has 274 valence electrons. The summed E-state index contributed by atoms with van der Waals surface area (Å²) in [6, 6.07) is 55.7. The van der Waals surface area contributed by atoms with Crippen molar-refractivity contribution in [3.8, 4) is 63.1 Å². The SMILES string of the molecule is [C-]#[N+]c1cc([N+]#[C-])cc(-c2ccc3c(c2)c2ccccc2n3-c2ccc(C#N)cc2-c2cc(-n3c4ccccc4c4cc(-c5cc(C#N)cc(C#N)c5)ccc43)ccn2)c1. The first-order valence-corrected chi connectivity index (χ1v) is 18.9. The summed E-state index contributed by atoms with van der Waals surface area (Å²) in [6.45, 7) is 15.2. The van der Waals surface area contributed by atoms with Crippen molar-refractivity contribution in [3.05, 3.63) is 197 Å². The van der Waals surface area contributed by atoms with Gasteiger partial charge in [-0.05, 0) is 107 Å². The fourth-order valence-corrected chi connectivity index (χ4v) is 8.37. The Kier molecular flexibility index (Phi) is 8.23. The fourth-order valence-electron chi connectivity index (χ4n) is 8.37. The molecule has 3 heterocycles. The van der Waals surface area contributed by atoms with Crippen LogP contribution in [0.4, 0.5) is 11.4 Å². The lowest BCUT2D eigenvalue weighted by Gasteiger charge is -2.15. The highest BCUT2D eigenvalue weighted by Crippen LogP contribution is 2.41. The van der Waals surface area contributed by atoms with Crippen molar-refractivity contribution >= 4 is 55.0 Å². The van der Waals surface area contributed by atoms with Crippen molar-refractivity contribution in [1.82, 2.24) is 14.1 Å². The van der Waals surface area contributed by atoms with Gasteiger partial charge in [0.2, 0.25) is 0 Å². The Hall–Kier alpha value is -9.26. The average molecular weight is 763 g/mol. The first-order valence-electron chi connectivity index (χ1n) is 18.9. The molecule has 0 N–H and O–H groups in total. The number of aromatic nitrogens is 3. The molecule has 8 nitrogen and oxygen atoms in total. The molecule has 60 heavy (non-hydrogen) atoms. The normalized spacial score (nSPS) is 10.9. The quantitative estimate of drug-likeness (QED) is 0.163. The Morgan fingerprint density at radius 1 is 0.450 bits per heavy atom. The van der Waals surface area contributed by atoms with Gasteiger partial charge < -0.3 is 9.13 Å². The minimum absolute atomic E-state index is 0.418. The Bertz CT molecular complexity index is 3620. The highest BCUT2D eigenvalue weighted by atomic mass is 15.0. The van der Waals surface area contributed by atoms with Gasteiger partial charge in [0.05, 0.1) is 81.5 Å². The first-order chi connectivity index (χ1) is 29.5. The molecule has 0 unspecified atom stereocenters. The van der Waals surface area contributed by atoms with E-state index < -0.39 is 0 Å². The number of nitrogens with zero attached hydrogens (tertiary/aromatic N) is 8. The molecule has 0 saturated heterocycles. The van der Waals surface area contributed by atoms with Crippen molar-refractivity contribution in [2.24, 2.45) is 0 Å². The van der Waals surface area contributed by atoms with E-state index in [-0.39, 0.29) is 0 Å². The monoisotopic (exact) mass is 762 g/mol. The lowest BCUT2D eigenvalue weighted by molar-refractivity contribution is 1.14. The number of hydrogen-bond acceptors (Lipinski definition) is 4. The lowest BCUT2D eigenvalue weighted by atomic mass is 9.99. The fraction of sp³-hybridized carbons (Fsp3) is 0. The largest absolute Gasteiger partial charge is 0.309 e. The number of benzene rings is 7. The van der Waals surface area contributed by atoms with Crippen LogP contribution in [0.5, 0.6) is 0 Å². The third kappa shape index (κ3) is 5.69. The van der Waals surface area contributed by atoms with E-state index in [1.807, 2.05) is 72.8 Å². The van der Waals surface area contributed by atoms with Gasteiger partial charge in [-0.25, -0.2) is 9.69 Å². The molecule has 0 saturated carbocycles. The van der Waals surface area contributed by atoms with Crippen LogP contribution in [0, 0.1) is 47.1 Å². The molecule has 0 amide bonds. The first kappa shape index (κ1) is 35.2. The van der Waals surface area contributed by atoms with Crippen LogP contribution in [-0.4, -0.2) is 14.1 Å². The maximum absolute atomic E-state index is 10.1. The Balaban J connectivity index is 1.15. The summed E-state index contributed by atoms with van der Waals surface area (Å²) in [5.74, 6) is 0. The average Bonchev–Trinajstić information content (AvgIpc) is 3.83. The minimum Gasteiger partial charge on any atom is -0.309 e.